The first-order chi connectivity index (χ1) is 13.6. The molecule has 0 bridgehead atoms. The average Bonchev–Trinajstić information content (AvgIpc) is 3.00. The fourth-order valence-electron chi connectivity index (χ4n) is 4.66. The molecule has 1 heterocycles. The summed E-state index contributed by atoms with van der Waals surface area (Å²) in [7, 11) is 0. The molecular formula is C22H31Cl2N3O2. The normalized spacial score (nSPS) is 21.9. The van der Waals surface area contributed by atoms with Crippen molar-refractivity contribution in [1.82, 2.24) is 15.5 Å². The monoisotopic (exact) mass is 439 g/mol. The third-order valence-corrected chi connectivity index (χ3v) is 6.87. The molecule has 0 radical (unpaired) electrons. The Bertz CT molecular complexity index is 768. The van der Waals surface area contributed by atoms with Crippen LogP contribution in [-0.4, -0.2) is 47.9 Å². The molecular weight excluding hydrogens is 409 g/mol. The molecule has 1 aliphatic carbocycles. The van der Waals surface area contributed by atoms with Crippen LogP contribution >= 0.6 is 23.2 Å². The Kier molecular flexibility index (Phi) is 6.81. The van der Waals surface area contributed by atoms with Crippen LogP contribution in [0.2, 0.25) is 10.0 Å². The topological polar surface area (TPSA) is 61.4 Å². The Morgan fingerprint density at radius 2 is 1.83 bits per heavy atom. The Balaban J connectivity index is 1.57. The number of piperidine rings is 1. The predicted octanol–water partition coefficient (Wildman–Crippen LogP) is 4.27. The fraction of sp³-hybridized carbons (Fsp3) is 0.636. The number of carbonyl (C=O) groups is 2. The summed E-state index contributed by atoms with van der Waals surface area (Å²) >= 11 is 12.0. The van der Waals surface area contributed by atoms with Crippen molar-refractivity contribution in [2.45, 2.75) is 64.5 Å². The lowest BCUT2D eigenvalue weighted by molar-refractivity contribution is -0.124. The van der Waals surface area contributed by atoms with E-state index >= 15 is 0 Å². The van der Waals surface area contributed by atoms with Gasteiger partial charge in [0.05, 0.1) is 16.6 Å². The van der Waals surface area contributed by atoms with Crippen LogP contribution in [0.15, 0.2) is 18.2 Å². The van der Waals surface area contributed by atoms with E-state index in [1.54, 1.807) is 18.2 Å². The van der Waals surface area contributed by atoms with E-state index in [-0.39, 0.29) is 28.8 Å². The summed E-state index contributed by atoms with van der Waals surface area (Å²) in [6.45, 7) is 8.20. The molecule has 1 aliphatic heterocycles. The number of nitrogens with one attached hydrogen (secondary N) is 2. The summed E-state index contributed by atoms with van der Waals surface area (Å²) in [6, 6.07) is 5.15. The number of nitrogens with zero attached hydrogens (tertiary/aromatic N) is 1. The molecule has 1 unspecified atom stereocenters. The van der Waals surface area contributed by atoms with Crippen molar-refractivity contribution in [3.8, 4) is 0 Å². The number of likely N-dealkylation sites (tertiary alicyclic amines) is 1. The molecule has 1 aromatic carbocycles. The predicted molar refractivity (Wildman–Crippen MR) is 118 cm³/mol. The zero-order chi connectivity index (χ0) is 21.2. The first-order valence-electron chi connectivity index (χ1n) is 10.4. The van der Waals surface area contributed by atoms with E-state index in [9.17, 15) is 9.59 Å². The molecule has 2 fully saturated rings. The van der Waals surface area contributed by atoms with Gasteiger partial charge in [0.15, 0.2) is 0 Å². The van der Waals surface area contributed by atoms with Gasteiger partial charge in [0.1, 0.15) is 0 Å². The van der Waals surface area contributed by atoms with Gasteiger partial charge in [-0.3, -0.25) is 14.5 Å². The second kappa shape index (κ2) is 8.83. The highest BCUT2D eigenvalue weighted by atomic mass is 35.5. The first kappa shape index (κ1) is 22.4. The van der Waals surface area contributed by atoms with Gasteiger partial charge < -0.3 is 10.6 Å². The number of benzene rings is 1. The molecule has 1 atom stereocenters. The van der Waals surface area contributed by atoms with Gasteiger partial charge in [0.25, 0.3) is 5.91 Å². The largest absolute Gasteiger partial charge is 0.350 e. The van der Waals surface area contributed by atoms with E-state index in [0.29, 0.717) is 22.2 Å². The Labute approximate surface area is 183 Å². The van der Waals surface area contributed by atoms with Crippen LogP contribution in [0, 0.1) is 5.41 Å². The van der Waals surface area contributed by atoms with E-state index in [1.165, 1.54) is 0 Å². The molecule has 3 rings (SSSR count). The molecule has 1 saturated heterocycles. The number of halogens is 2. The van der Waals surface area contributed by atoms with Crippen LogP contribution in [0.3, 0.4) is 0 Å². The molecule has 7 heteroatoms. The number of hydrogen-bond donors (Lipinski definition) is 2. The molecule has 160 valence electrons. The molecule has 2 amide bonds. The minimum Gasteiger partial charge on any atom is -0.350 e. The third-order valence-electron chi connectivity index (χ3n) is 6.13. The van der Waals surface area contributed by atoms with Gasteiger partial charge in [0.2, 0.25) is 5.91 Å². The van der Waals surface area contributed by atoms with E-state index in [0.717, 1.165) is 45.2 Å². The molecule has 2 N–H and O–H groups in total. The van der Waals surface area contributed by atoms with Gasteiger partial charge >= 0.3 is 0 Å². The van der Waals surface area contributed by atoms with Crippen LogP contribution in [-0.2, 0) is 4.79 Å². The average molecular weight is 440 g/mol. The number of carbonyl (C=O) groups excluding carboxylic acids is 2. The standard InChI is InChI=1S/C22H31Cl2N3O2/c1-21(2,3)26-19(28)14-27-11-9-22(10-12-27)8-4-5-18(22)25-20(29)15-6-7-16(23)17(24)13-15/h6-7,13,18H,4-5,8-12,14H2,1-3H3,(H,25,29)(H,26,28). The molecule has 0 aromatic heterocycles. The van der Waals surface area contributed by atoms with Crippen molar-refractivity contribution >= 4 is 35.0 Å². The maximum absolute atomic E-state index is 12.8. The van der Waals surface area contributed by atoms with E-state index in [1.807, 2.05) is 20.8 Å². The lowest BCUT2D eigenvalue weighted by atomic mass is 9.74. The maximum Gasteiger partial charge on any atom is 0.251 e. The molecule has 2 aliphatic rings. The van der Waals surface area contributed by atoms with Crippen LogP contribution in [0.1, 0.15) is 63.2 Å². The van der Waals surface area contributed by atoms with Gasteiger partial charge in [0, 0.05) is 17.1 Å². The molecule has 1 saturated carbocycles. The van der Waals surface area contributed by atoms with Crippen LogP contribution in [0.4, 0.5) is 0 Å². The van der Waals surface area contributed by atoms with Gasteiger partial charge in [-0.15, -0.1) is 0 Å². The quantitative estimate of drug-likeness (QED) is 0.735. The second-order valence-corrected chi connectivity index (χ2v) is 10.3. The summed E-state index contributed by atoms with van der Waals surface area (Å²) < 4.78 is 0. The molecule has 1 aromatic rings. The lowest BCUT2D eigenvalue weighted by Crippen LogP contribution is -2.52. The van der Waals surface area contributed by atoms with Crippen molar-refractivity contribution in [3.05, 3.63) is 33.8 Å². The van der Waals surface area contributed by atoms with E-state index in [2.05, 4.69) is 15.5 Å². The Morgan fingerprint density at radius 3 is 2.45 bits per heavy atom. The van der Waals surface area contributed by atoms with Crippen molar-refractivity contribution in [2.24, 2.45) is 5.41 Å². The van der Waals surface area contributed by atoms with Gasteiger partial charge in [-0.2, -0.15) is 0 Å². The summed E-state index contributed by atoms with van der Waals surface area (Å²) in [5, 5.41) is 7.12. The van der Waals surface area contributed by atoms with Crippen LogP contribution in [0.5, 0.6) is 0 Å². The minimum absolute atomic E-state index is 0.0735. The fourth-order valence-corrected chi connectivity index (χ4v) is 4.96. The zero-order valence-corrected chi connectivity index (χ0v) is 19.0. The van der Waals surface area contributed by atoms with Gasteiger partial charge in [-0.1, -0.05) is 29.6 Å². The van der Waals surface area contributed by atoms with Crippen LogP contribution in [0.25, 0.3) is 0 Å². The molecule has 5 nitrogen and oxygen atoms in total. The number of amides is 2. The lowest BCUT2D eigenvalue weighted by Gasteiger charge is -2.43. The Hall–Kier alpha value is -1.30. The van der Waals surface area contributed by atoms with Crippen molar-refractivity contribution in [3.63, 3.8) is 0 Å². The molecule has 1 spiro atoms. The van der Waals surface area contributed by atoms with Crippen LogP contribution < -0.4 is 10.6 Å². The summed E-state index contributed by atoms with van der Waals surface area (Å²) in [6.07, 6.45) is 5.25. The minimum atomic E-state index is -0.209. The third kappa shape index (κ3) is 5.65. The number of rotatable bonds is 4. The Morgan fingerprint density at radius 1 is 1.14 bits per heavy atom. The van der Waals surface area contributed by atoms with Crippen molar-refractivity contribution in [2.75, 3.05) is 19.6 Å². The zero-order valence-electron chi connectivity index (χ0n) is 17.5. The SMILES string of the molecule is CC(C)(C)NC(=O)CN1CCC2(CCCC2NC(=O)c2ccc(Cl)c(Cl)c2)CC1. The van der Waals surface area contributed by atoms with Gasteiger partial charge in [-0.25, -0.2) is 0 Å². The first-order valence-corrected chi connectivity index (χ1v) is 11.1. The van der Waals surface area contributed by atoms with Gasteiger partial charge in [-0.05, 0) is 83.2 Å². The van der Waals surface area contributed by atoms with Crippen molar-refractivity contribution < 1.29 is 9.59 Å². The summed E-state index contributed by atoms with van der Waals surface area (Å²) in [5.41, 5.74) is 0.459. The maximum atomic E-state index is 12.8. The highest BCUT2D eigenvalue weighted by molar-refractivity contribution is 6.42. The van der Waals surface area contributed by atoms with E-state index < -0.39 is 0 Å². The van der Waals surface area contributed by atoms with Crippen molar-refractivity contribution in [1.29, 1.82) is 0 Å². The highest BCUT2D eigenvalue weighted by Gasteiger charge is 2.45. The summed E-state index contributed by atoms with van der Waals surface area (Å²) in [4.78, 5) is 27.2. The van der Waals surface area contributed by atoms with E-state index in [4.69, 9.17) is 23.2 Å². The smallest absolute Gasteiger partial charge is 0.251 e. The highest BCUT2D eigenvalue weighted by Crippen LogP contribution is 2.46. The number of hydrogen-bond acceptors (Lipinski definition) is 3. The summed E-state index contributed by atoms with van der Waals surface area (Å²) in [5.74, 6) is -0.0221. The molecule has 29 heavy (non-hydrogen) atoms. The second-order valence-electron chi connectivity index (χ2n) is 9.48.